The average molecular weight is 368 g/mol. The van der Waals surface area contributed by atoms with Crippen LogP contribution in [0.3, 0.4) is 0 Å². The molecule has 4 rings (SSSR count). The van der Waals surface area contributed by atoms with Gasteiger partial charge in [0.15, 0.2) is 17.4 Å². The van der Waals surface area contributed by atoms with E-state index < -0.39 is 11.7 Å². The lowest BCUT2D eigenvalue weighted by atomic mass is 9.96. The third kappa shape index (κ3) is 3.20. The van der Waals surface area contributed by atoms with Crippen LogP contribution in [-0.4, -0.2) is 45.9 Å². The summed E-state index contributed by atoms with van der Waals surface area (Å²) in [7, 11) is 1.65. The number of nitrogens with one attached hydrogen (secondary N) is 2. The highest BCUT2D eigenvalue weighted by molar-refractivity contribution is 5.80. The summed E-state index contributed by atoms with van der Waals surface area (Å²) in [5.41, 5.74) is -0.382. The van der Waals surface area contributed by atoms with Crippen LogP contribution in [0.1, 0.15) is 30.7 Å². The molecule has 3 unspecified atom stereocenters. The first kappa shape index (κ1) is 17.1. The molecule has 0 aromatic carbocycles. The Morgan fingerprint density at radius 3 is 2.85 bits per heavy atom. The van der Waals surface area contributed by atoms with Crippen LogP contribution < -0.4 is 10.6 Å². The minimum Gasteiger partial charge on any atom is -0.373 e. The van der Waals surface area contributed by atoms with Crippen LogP contribution in [0.25, 0.3) is 5.65 Å². The first-order chi connectivity index (χ1) is 12.4. The number of alkyl halides is 3. The molecule has 0 radical (unpaired) electrons. The van der Waals surface area contributed by atoms with Crippen molar-refractivity contribution in [2.24, 2.45) is 4.99 Å². The van der Waals surface area contributed by atoms with Gasteiger partial charge in [-0.15, -0.1) is 10.2 Å². The van der Waals surface area contributed by atoms with Gasteiger partial charge in [-0.1, -0.05) is 0 Å². The molecule has 0 aliphatic carbocycles. The number of halogens is 3. The summed E-state index contributed by atoms with van der Waals surface area (Å²) in [6, 6.07) is 2.50. The highest BCUT2D eigenvalue weighted by atomic mass is 19.4. The minimum atomic E-state index is -4.41. The van der Waals surface area contributed by atoms with Crippen LogP contribution >= 0.6 is 0 Å². The lowest BCUT2D eigenvalue weighted by Gasteiger charge is -2.22. The zero-order chi connectivity index (χ0) is 18.3. The maximum atomic E-state index is 12.9. The predicted molar refractivity (Wildman–Crippen MR) is 87.6 cm³/mol. The van der Waals surface area contributed by atoms with Gasteiger partial charge in [0.25, 0.3) is 0 Å². The van der Waals surface area contributed by atoms with Gasteiger partial charge >= 0.3 is 6.18 Å². The Labute approximate surface area is 147 Å². The Hall–Kier alpha value is -2.36. The van der Waals surface area contributed by atoms with E-state index in [1.54, 1.807) is 7.05 Å². The lowest BCUT2D eigenvalue weighted by Crippen LogP contribution is -2.47. The smallest absolute Gasteiger partial charge is 0.373 e. The van der Waals surface area contributed by atoms with Gasteiger partial charge in [-0.05, 0) is 31.4 Å². The third-order valence-corrected chi connectivity index (χ3v) is 4.87. The van der Waals surface area contributed by atoms with Gasteiger partial charge < -0.3 is 15.4 Å². The standard InChI is InChI=1S/C16H19F3N6O/c1-20-15(22-11-6-10-3-4-12(11)26-10)21-7-14-24-23-13-5-2-9(8-25(13)14)16(17,18)19/h2,5,8,10-12H,3-4,6-7H2,1H3,(H2,20,21,22). The fraction of sp³-hybridized carbons (Fsp3) is 0.562. The van der Waals surface area contributed by atoms with Crippen LogP contribution in [0.5, 0.6) is 0 Å². The fourth-order valence-corrected chi connectivity index (χ4v) is 3.55. The van der Waals surface area contributed by atoms with Crippen LogP contribution in [0, 0.1) is 0 Å². The lowest BCUT2D eigenvalue weighted by molar-refractivity contribution is -0.137. The first-order valence-corrected chi connectivity index (χ1v) is 8.47. The second-order valence-corrected chi connectivity index (χ2v) is 6.55. The number of pyridine rings is 1. The van der Waals surface area contributed by atoms with Crippen molar-refractivity contribution in [2.45, 2.75) is 50.2 Å². The molecule has 7 nitrogen and oxygen atoms in total. The molecule has 3 atom stereocenters. The number of aromatic nitrogens is 3. The minimum absolute atomic E-state index is 0.196. The monoisotopic (exact) mass is 368 g/mol. The SMILES string of the molecule is CN=C(NCc1nnc2ccc(C(F)(F)F)cn12)NC1CC2CCC1O2. The van der Waals surface area contributed by atoms with Crippen molar-refractivity contribution in [2.75, 3.05) is 7.05 Å². The van der Waals surface area contributed by atoms with E-state index in [0.29, 0.717) is 23.5 Å². The molecule has 0 spiro atoms. The normalized spacial score (nSPS) is 25.8. The molecule has 2 bridgehead atoms. The largest absolute Gasteiger partial charge is 0.417 e. The molecule has 2 saturated heterocycles. The molecule has 2 aromatic heterocycles. The van der Waals surface area contributed by atoms with Gasteiger partial charge in [-0.2, -0.15) is 13.2 Å². The maximum Gasteiger partial charge on any atom is 0.417 e. The number of guanidine groups is 1. The molecule has 2 fully saturated rings. The molecular weight excluding hydrogens is 349 g/mol. The molecule has 2 aliphatic rings. The van der Waals surface area contributed by atoms with Crippen molar-refractivity contribution < 1.29 is 17.9 Å². The Balaban J connectivity index is 1.45. The summed E-state index contributed by atoms with van der Waals surface area (Å²) in [4.78, 5) is 4.17. The number of hydrogen-bond acceptors (Lipinski definition) is 4. The summed E-state index contributed by atoms with van der Waals surface area (Å²) in [6.45, 7) is 0.198. The molecule has 4 heterocycles. The summed E-state index contributed by atoms with van der Waals surface area (Å²) in [6.07, 6.45) is 0.179. The molecular formula is C16H19F3N6O. The van der Waals surface area contributed by atoms with Crippen molar-refractivity contribution in [3.63, 3.8) is 0 Å². The molecule has 140 valence electrons. The van der Waals surface area contributed by atoms with Crippen molar-refractivity contribution in [3.05, 3.63) is 29.7 Å². The van der Waals surface area contributed by atoms with Gasteiger partial charge in [0.2, 0.25) is 0 Å². The van der Waals surface area contributed by atoms with E-state index in [9.17, 15) is 13.2 Å². The van der Waals surface area contributed by atoms with Crippen molar-refractivity contribution in [3.8, 4) is 0 Å². The van der Waals surface area contributed by atoms with Gasteiger partial charge in [0.05, 0.1) is 30.4 Å². The average Bonchev–Trinajstić information content (AvgIpc) is 3.32. The van der Waals surface area contributed by atoms with Crippen molar-refractivity contribution >= 4 is 11.6 Å². The fourth-order valence-electron chi connectivity index (χ4n) is 3.55. The van der Waals surface area contributed by atoms with E-state index in [1.807, 2.05) is 0 Å². The summed E-state index contributed by atoms with van der Waals surface area (Å²) in [5.74, 6) is 0.938. The molecule has 2 aromatic rings. The maximum absolute atomic E-state index is 12.9. The van der Waals surface area contributed by atoms with E-state index >= 15 is 0 Å². The Bertz CT molecular complexity index is 833. The van der Waals surface area contributed by atoms with Crippen LogP contribution in [0.15, 0.2) is 23.3 Å². The number of nitrogens with zero attached hydrogens (tertiary/aromatic N) is 4. The number of ether oxygens (including phenoxy) is 1. The number of hydrogen-bond donors (Lipinski definition) is 2. The van der Waals surface area contributed by atoms with E-state index in [2.05, 4.69) is 25.8 Å². The first-order valence-electron chi connectivity index (χ1n) is 8.47. The van der Waals surface area contributed by atoms with Crippen LogP contribution in [-0.2, 0) is 17.5 Å². The second kappa shape index (κ2) is 6.42. The predicted octanol–water partition coefficient (Wildman–Crippen LogP) is 1.73. The summed E-state index contributed by atoms with van der Waals surface area (Å²) < 4.78 is 45.9. The Morgan fingerprint density at radius 1 is 1.35 bits per heavy atom. The van der Waals surface area contributed by atoms with Crippen molar-refractivity contribution in [1.82, 2.24) is 25.2 Å². The molecule has 2 aliphatic heterocycles. The molecule has 10 heteroatoms. The summed E-state index contributed by atoms with van der Waals surface area (Å²) >= 11 is 0. The number of aliphatic imine (C=N–C) groups is 1. The zero-order valence-corrected chi connectivity index (χ0v) is 14.1. The Morgan fingerprint density at radius 2 is 2.19 bits per heavy atom. The van der Waals surface area contributed by atoms with Gasteiger partial charge in [-0.3, -0.25) is 9.39 Å². The van der Waals surface area contributed by atoms with E-state index in [-0.39, 0.29) is 18.7 Å². The van der Waals surface area contributed by atoms with Gasteiger partial charge in [0, 0.05) is 13.2 Å². The van der Waals surface area contributed by atoms with E-state index in [1.165, 1.54) is 10.5 Å². The third-order valence-electron chi connectivity index (χ3n) is 4.87. The molecule has 0 amide bonds. The number of rotatable bonds is 3. The second-order valence-electron chi connectivity index (χ2n) is 6.55. The Kier molecular flexibility index (Phi) is 4.22. The van der Waals surface area contributed by atoms with Gasteiger partial charge in [0.1, 0.15) is 0 Å². The van der Waals surface area contributed by atoms with E-state index in [0.717, 1.165) is 31.5 Å². The highest BCUT2D eigenvalue weighted by Gasteiger charge is 2.41. The topological polar surface area (TPSA) is 75.8 Å². The van der Waals surface area contributed by atoms with Crippen molar-refractivity contribution in [1.29, 1.82) is 0 Å². The number of fused-ring (bicyclic) bond motifs is 3. The summed E-state index contributed by atoms with van der Waals surface area (Å²) in [5, 5.41) is 14.3. The molecule has 2 N–H and O–H groups in total. The molecule has 26 heavy (non-hydrogen) atoms. The van der Waals surface area contributed by atoms with Gasteiger partial charge in [-0.25, -0.2) is 0 Å². The zero-order valence-electron chi connectivity index (χ0n) is 14.1. The quantitative estimate of drug-likeness (QED) is 0.638. The van der Waals surface area contributed by atoms with Crippen LogP contribution in [0.4, 0.5) is 13.2 Å². The van der Waals surface area contributed by atoms with Crippen LogP contribution in [0.2, 0.25) is 0 Å². The molecule has 0 saturated carbocycles. The highest BCUT2D eigenvalue weighted by Crippen LogP contribution is 2.34. The van der Waals surface area contributed by atoms with E-state index in [4.69, 9.17) is 4.74 Å².